The Labute approximate surface area is 149 Å². The highest BCUT2D eigenvalue weighted by molar-refractivity contribution is 6.01. The number of hydrogen-bond donors (Lipinski definition) is 0. The molecular weight excluding hydrogens is 304 g/mol. The molecule has 0 unspecified atom stereocenters. The van der Waals surface area contributed by atoms with E-state index in [0.29, 0.717) is 0 Å². The molecule has 0 radical (unpaired) electrons. The number of rotatable bonds is 4. The highest BCUT2D eigenvalue weighted by atomic mass is 14.8. The smallest absolute Gasteiger partial charge is 0.116 e. The van der Waals surface area contributed by atoms with Gasteiger partial charge in [0.25, 0.3) is 0 Å². The van der Waals surface area contributed by atoms with Gasteiger partial charge in [0.15, 0.2) is 0 Å². The maximum atomic E-state index is 4.56. The molecule has 0 bridgehead atoms. The number of benzene rings is 2. The Morgan fingerprint density at radius 1 is 1.12 bits per heavy atom. The summed E-state index contributed by atoms with van der Waals surface area (Å²) in [5.41, 5.74) is 6.80. The van der Waals surface area contributed by atoms with Crippen molar-refractivity contribution in [2.75, 3.05) is 0 Å². The monoisotopic (exact) mass is 326 g/mol. The normalized spacial score (nSPS) is 12.0. The van der Waals surface area contributed by atoms with Crippen LogP contribution in [-0.2, 0) is 0 Å². The lowest BCUT2D eigenvalue weighted by atomic mass is 9.91. The molecule has 124 valence electrons. The lowest BCUT2D eigenvalue weighted by Gasteiger charge is -2.14. The molecule has 0 amide bonds. The molecule has 0 atom stereocenters. The van der Waals surface area contributed by atoms with Crippen LogP contribution in [0.1, 0.15) is 23.6 Å². The average molecular weight is 326 g/mol. The minimum Gasteiger partial charge on any atom is -0.245 e. The quantitative estimate of drug-likeness (QED) is 0.545. The van der Waals surface area contributed by atoms with Gasteiger partial charge < -0.3 is 0 Å². The fraction of sp³-hybridized carbons (Fsp3) is 0.130. The van der Waals surface area contributed by atoms with Gasteiger partial charge in [0.05, 0.1) is 5.69 Å². The van der Waals surface area contributed by atoms with Gasteiger partial charge in [-0.3, -0.25) is 0 Å². The minimum atomic E-state index is 0.985. The second-order valence-corrected chi connectivity index (χ2v) is 6.09. The number of fused-ring (bicyclic) bond motifs is 1. The summed E-state index contributed by atoms with van der Waals surface area (Å²) >= 11 is 0. The first-order chi connectivity index (χ1) is 12.2. The fourth-order valence-electron chi connectivity index (χ4n) is 3.18. The average Bonchev–Trinajstić information content (AvgIpc) is 2.62. The summed E-state index contributed by atoms with van der Waals surface area (Å²) in [4.78, 5) is 8.71. The standard InChI is InChI=1S/C23H22N2/c1-5-7-10-18(6-2)20-12-19-11-8-9-16(3)22(19)21(13-20)23-17(4)14-24-15-25-23/h5-15H,1H2,2-4H3/b10-7-,18-6+. The van der Waals surface area contributed by atoms with Crippen molar-refractivity contribution in [1.29, 1.82) is 0 Å². The molecular formula is C23H22N2. The summed E-state index contributed by atoms with van der Waals surface area (Å²) < 4.78 is 0. The first kappa shape index (κ1) is 16.8. The lowest BCUT2D eigenvalue weighted by molar-refractivity contribution is 1.14. The Bertz CT molecular complexity index is 994. The van der Waals surface area contributed by atoms with Gasteiger partial charge in [-0.2, -0.15) is 0 Å². The molecule has 0 saturated carbocycles. The second kappa shape index (κ2) is 7.27. The maximum absolute atomic E-state index is 4.56. The van der Waals surface area contributed by atoms with Crippen molar-refractivity contribution < 1.29 is 0 Å². The molecule has 0 aliphatic rings. The Hall–Kier alpha value is -3.00. The van der Waals surface area contributed by atoms with E-state index >= 15 is 0 Å². The summed E-state index contributed by atoms with van der Waals surface area (Å²) in [6, 6.07) is 10.9. The van der Waals surface area contributed by atoms with Crippen molar-refractivity contribution in [3.05, 3.63) is 90.4 Å². The topological polar surface area (TPSA) is 25.8 Å². The van der Waals surface area contributed by atoms with Crippen molar-refractivity contribution in [3.63, 3.8) is 0 Å². The highest BCUT2D eigenvalue weighted by Gasteiger charge is 2.12. The Balaban J connectivity index is 2.36. The van der Waals surface area contributed by atoms with Gasteiger partial charge in [0, 0.05) is 11.8 Å². The van der Waals surface area contributed by atoms with Gasteiger partial charge in [-0.15, -0.1) is 0 Å². The number of nitrogens with zero attached hydrogens (tertiary/aromatic N) is 2. The number of allylic oxidation sites excluding steroid dienone is 5. The van der Waals surface area contributed by atoms with Crippen LogP contribution in [0.2, 0.25) is 0 Å². The van der Waals surface area contributed by atoms with Crippen LogP contribution in [-0.4, -0.2) is 9.97 Å². The van der Waals surface area contributed by atoms with E-state index in [1.54, 1.807) is 12.4 Å². The summed E-state index contributed by atoms with van der Waals surface area (Å²) in [5, 5.41) is 2.47. The third-order valence-corrected chi connectivity index (χ3v) is 4.39. The molecule has 0 N–H and O–H groups in total. The molecule has 3 rings (SSSR count). The van der Waals surface area contributed by atoms with E-state index in [4.69, 9.17) is 0 Å². The zero-order valence-electron chi connectivity index (χ0n) is 15.0. The predicted octanol–water partition coefficient (Wildman–Crippen LogP) is 6.06. The third kappa shape index (κ3) is 3.29. The first-order valence-corrected chi connectivity index (χ1v) is 8.42. The number of hydrogen-bond acceptors (Lipinski definition) is 2. The van der Waals surface area contributed by atoms with E-state index in [1.807, 2.05) is 12.3 Å². The van der Waals surface area contributed by atoms with Crippen LogP contribution < -0.4 is 0 Å². The molecule has 25 heavy (non-hydrogen) atoms. The van der Waals surface area contributed by atoms with Crippen molar-refractivity contribution in [3.8, 4) is 11.3 Å². The van der Waals surface area contributed by atoms with Crippen LogP contribution in [0.15, 0.2) is 73.7 Å². The van der Waals surface area contributed by atoms with Crippen LogP contribution in [0.5, 0.6) is 0 Å². The molecule has 0 aliphatic carbocycles. The van der Waals surface area contributed by atoms with E-state index in [1.165, 1.54) is 21.9 Å². The zero-order valence-corrected chi connectivity index (χ0v) is 15.0. The second-order valence-electron chi connectivity index (χ2n) is 6.09. The third-order valence-electron chi connectivity index (χ3n) is 4.39. The molecule has 1 aromatic heterocycles. The Kier molecular flexibility index (Phi) is 4.90. The van der Waals surface area contributed by atoms with E-state index in [-0.39, 0.29) is 0 Å². The fourth-order valence-corrected chi connectivity index (χ4v) is 3.18. The predicted molar refractivity (Wildman–Crippen MR) is 107 cm³/mol. The number of aromatic nitrogens is 2. The van der Waals surface area contributed by atoms with Crippen molar-refractivity contribution in [2.45, 2.75) is 20.8 Å². The Morgan fingerprint density at radius 2 is 1.96 bits per heavy atom. The van der Waals surface area contributed by atoms with Crippen LogP contribution in [0, 0.1) is 13.8 Å². The van der Waals surface area contributed by atoms with Gasteiger partial charge in [-0.05, 0) is 65.9 Å². The molecule has 0 fully saturated rings. The zero-order chi connectivity index (χ0) is 17.8. The lowest BCUT2D eigenvalue weighted by Crippen LogP contribution is -1.94. The van der Waals surface area contributed by atoms with E-state index in [0.717, 1.165) is 22.4 Å². The van der Waals surface area contributed by atoms with Crippen molar-refractivity contribution >= 4 is 16.3 Å². The van der Waals surface area contributed by atoms with Gasteiger partial charge in [0.2, 0.25) is 0 Å². The molecule has 2 heteroatoms. The molecule has 0 aliphatic heterocycles. The summed E-state index contributed by atoms with van der Waals surface area (Å²) in [6.45, 7) is 10.0. The van der Waals surface area contributed by atoms with E-state index < -0.39 is 0 Å². The van der Waals surface area contributed by atoms with Crippen LogP contribution in [0.25, 0.3) is 27.6 Å². The largest absolute Gasteiger partial charge is 0.245 e. The molecule has 2 nitrogen and oxygen atoms in total. The van der Waals surface area contributed by atoms with Gasteiger partial charge in [-0.1, -0.05) is 49.1 Å². The van der Waals surface area contributed by atoms with E-state index in [9.17, 15) is 0 Å². The molecule has 1 heterocycles. The Morgan fingerprint density at radius 3 is 2.68 bits per heavy atom. The minimum absolute atomic E-state index is 0.985. The van der Waals surface area contributed by atoms with Crippen molar-refractivity contribution in [1.82, 2.24) is 9.97 Å². The van der Waals surface area contributed by atoms with Crippen LogP contribution in [0.3, 0.4) is 0 Å². The summed E-state index contributed by atoms with van der Waals surface area (Å²) in [5.74, 6) is 0. The molecule has 0 saturated heterocycles. The van der Waals surface area contributed by atoms with Gasteiger partial charge in [-0.25, -0.2) is 9.97 Å². The highest BCUT2D eigenvalue weighted by Crippen LogP contribution is 2.35. The SMILES string of the molecule is C=C/C=C\C(=C/C)c1cc(-c2ncncc2C)c2c(C)cccc2c1. The van der Waals surface area contributed by atoms with Crippen LogP contribution in [0.4, 0.5) is 0 Å². The summed E-state index contributed by atoms with van der Waals surface area (Å²) in [7, 11) is 0. The van der Waals surface area contributed by atoms with Crippen LogP contribution >= 0.6 is 0 Å². The van der Waals surface area contributed by atoms with Gasteiger partial charge in [0.1, 0.15) is 6.33 Å². The van der Waals surface area contributed by atoms with E-state index in [2.05, 4.69) is 79.8 Å². The van der Waals surface area contributed by atoms with Gasteiger partial charge >= 0.3 is 0 Å². The number of aryl methyl sites for hydroxylation is 2. The van der Waals surface area contributed by atoms with Crippen molar-refractivity contribution in [2.24, 2.45) is 0 Å². The maximum Gasteiger partial charge on any atom is 0.116 e. The molecule has 3 aromatic rings. The molecule has 0 spiro atoms. The molecule has 2 aromatic carbocycles. The first-order valence-electron chi connectivity index (χ1n) is 8.42. The summed E-state index contributed by atoms with van der Waals surface area (Å²) in [6.07, 6.45) is 11.4.